The minimum absolute atomic E-state index is 0.730. The van der Waals surface area contributed by atoms with Crippen LogP contribution in [0.3, 0.4) is 0 Å². The predicted octanol–water partition coefficient (Wildman–Crippen LogP) is 11.8. The van der Waals surface area contributed by atoms with E-state index in [-0.39, 0.29) is 0 Å². The van der Waals surface area contributed by atoms with Crippen LogP contribution in [0, 0.1) is 0 Å². The molecule has 0 aliphatic heterocycles. The zero-order chi connectivity index (χ0) is 32.3. The number of benzene rings is 6. The summed E-state index contributed by atoms with van der Waals surface area (Å²) in [7, 11) is 0. The van der Waals surface area contributed by atoms with Gasteiger partial charge in [-0.05, 0) is 72.3 Å². The summed E-state index contributed by atoms with van der Waals surface area (Å²) in [5.74, 6) is 0.843. The van der Waals surface area contributed by atoms with Gasteiger partial charge >= 0.3 is 0 Å². The zero-order valence-corrected chi connectivity index (χ0v) is 26.4. The third-order valence-corrected chi connectivity index (χ3v) is 9.45. The summed E-state index contributed by atoms with van der Waals surface area (Å²) in [5, 5.41) is 5.60. The van der Waals surface area contributed by atoms with Crippen LogP contribution in [-0.2, 0) is 0 Å². The molecular weight excluding hydrogens is 601 g/mol. The monoisotopic (exact) mass is 628 g/mol. The Bertz CT molecular complexity index is 2830. The SMILES string of the molecule is c1ccc(N(c2ccc(-c3cccc4c5ccccc5n(-c5ccc6cccnc6n5)c34)cc2)c2cccc3c2oc2ccccc23)cc1. The number of hydrogen-bond acceptors (Lipinski definition) is 4. The van der Waals surface area contributed by atoms with Gasteiger partial charge in [-0.25, -0.2) is 9.97 Å². The zero-order valence-electron chi connectivity index (χ0n) is 26.4. The van der Waals surface area contributed by atoms with Crippen molar-refractivity contribution in [3.63, 3.8) is 0 Å². The Kier molecular flexibility index (Phi) is 6.11. The van der Waals surface area contributed by atoms with Gasteiger partial charge in [-0.2, -0.15) is 0 Å². The summed E-state index contributed by atoms with van der Waals surface area (Å²) < 4.78 is 8.78. The topological polar surface area (TPSA) is 47.1 Å². The van der Waals surface area contributed by atoms with Crippen molar-refractivity contribution in [2.75, 3.05) is 4.90 Å². The summed E-state index contributed by atoms with van der Waals surface area (Å²) in [5.41, 5.74) is 10.0. The van der Waals surface area contributed by atoms with Gasteiger partial charge in [0.15, 0.2) is 11.2 Å². The van der Waals surface area contributed by atoms with Crippen molar-refractivity contribution in [2.24, 2.45) is 0 Å². The van der Waals surface area contributed by atoms with Gasteiger partial charge in [-0.3, -0.25) is 4.57 Å². The fraction of sp³-hybridized carbons (Fsp3) is 0. The number of para-hydroxylation sites is 5. The molecule has 4 aromatic heterocycles. The number of pyridine rings is 2. The molecule has 0 saturated heterocycles. The number of rotatable bonds is 5. The van der Waals surface area contributed by atoms with Crippen molar-refractivity contribution < 1.29 is 4.42 Å². The number of anilines is 3. The molecule has 5 heteroatoms. The van der Waals surface area contributed by atoms with Crippen molar-refractivity contribution in [2.45, 2.75) is 0 Å². The van der Waals surface area contributed by atoms with Crippen molar-refractivity contribution in [3.8, 4) is 16.9 Å². The first-order chi connectivity index (χ1) is 24.3. The van der Waals surface area contributed by atoms with Crippen LogP contribution in [0.1, 0.15) is 0 Å². The van der Waals surface area contributed by atoms with E-state index in [0.717, 1.165) is 78.0 Å². The first-order valence-electron chi connectivity index (χ1n) is 16.4. The molecule has 10 aromatic rings. The van der Waals surface area contributed by atoms with Crippen LogP contribution in [-0.4, -0.2) is 14.5 Å². The fourth-order valence-electron chi connectivity index (χ4n) is 7.26. The molecule has 10 rings (SSSR count). The summed E-state index contributed by atoms with van der Waals surface area (Å²) in [4.78, 5) is 11.9. The third-order valence-electron chi connectivity index (χ3n) is 9.45. The normalized spacial score (nSPS) is 11.7. The van der Waals surface area contributed by atoms with Crippen LogP contribution < -0.4 is 4.90 Å². The van der Waals surface area contributed by atoms with Gasteiger partial charge in [0.05, 0.1) is 16.7 Å². The number of hydrogen-bond donors (Lipinski definition) is 0. The first kappa shape index (κ1) is 27.4. The van der Waals surface area contributed by atoms with Gasteiger partial charge in [0.1, 0.15) is 11.4 Å². The summed E-state index contributed by atoms with van der Waals surface area (Å²) in [6, 6.07) is 57.2. The number of fused-ring (bicyclic) bond motifs is 7. The van der Waals surface area contributed by atoms with Crippen LogP contribution in [0.5, 0.6) is 0 Å². The van der Waals surface area contributed by atoms with Gasteiger partial charge in [-0.15, -0.1) is 0 Å². The molecule has 0 aliphatic carbocycles. The van der Waals surface area contributed by atoms with E-state index in [4.69, 9.17) is 9.40 Å². The largest absolute Gasteiger partial charge is 0.454 e. The van der Waals surface area contributed by atoms with Crippen LogP contribution >= 0.6 is 0 Å². The molecule has 0 bridgehead atoms. The lowest BCUT2D eigenvalue weighted by Gasteiger charge is -2.25. The second kappa shape index (κ2) is 10.9. The maximum absolute atomic E-state index is 6.50. The molecule has 0 spiro atoms. The molecule has 5 nitrogen and oxygen atoms in total. The lowest BCUT2D eigenvalue weighted by Crippen LogP contribution is -2.10. The lowest BCUT2D eigenvalue weighted by molar-refractivity contribution is 0.669. The van der Waals surface area contributed by atoms with E-state index in [1.807, 2.05) is 30.3 Å². The second-order valence-electron chi connectivity index (χ2n) is 12.2. The second-order valence-corrected chi connectivity index (χ2v) is 12.2. The average Bonchev–Trinajstić information content (AvgIpc) is 3.72. The first-order valence-corrected chi connectivity index (χ1v) is 16.4. The van der Waals surface area contributed by atoms with E-state index in [0.29, 0.717) is 0 Å². The molecule has 6 aromatic carbocycles. The molecule has 0 unspecified atom stereocenters. The Morgan fingerprint density at radius 1 is 0.531 bits per heavy atom. The molecule has 49 heavy (non-hydrogen) atoms. The Morgan fingerprint density at radius 3 is 2.16 bits per heavy atom. The van der Waals surface area contributed by atoms with E-state index in [1.54, 1.807) is 6.20 Å². The quantitative estimate of drug-likeness (QED) is 0.190. The van der Waals surface area contributed by atoms with Crippen molar-refractivity contribution in [3.05, 3.63) is 170 Å². The van der Waals surface area contributed by atoms with Crippen LogP contribution in [0.15, 0.2) is 174 Å². The molecular formula is C44H28N4O. The molecule has 230 valence electrons. The molecule has 0 N–H and O–H groups in total. The standard InChI is InChI=1S/C44H28N4O/c1-2-12-31(13-3-1)47(39-20-9-18-37-35-15-5-7-21-40(35)49-43(37)39)32-25-22-29(23-26-32)33-16-8-17-36-34-14-4-6-19-38(34)48(42(33)36)41-27-24-30-11-10-28-45-44(30)46-41/h1-28H. The van der Waals surface area contributed by atoms with Crippen molar-refractivity contribution in [1.82, 2.24) is 14.5 Å². The van der Waals surface area contributed by atoms with Gasteiger partial charge in [0.25, 0.3) is 0 Å². The minimum Gasteiger partial charge on any atom is -0.454 e. The number of aromatic nitrogens is 3. The Balaban J connectivity index is 1.16. The van der Waals surface area contributed by atoms with Gasteiger partial charge in [0, 0.05) is 50.1 Å². The minimum atomic E-state index is 0.730. The molecule has 0 amide bonds. The Hall–Kier alpha value is -6.72. The van der Waals surface area contributed by atoms with Crippen LogP contribution in [0.2, 0.25) is 0 Å². The highest BCUT2D eigenvalue weighted by Gasteiger charge is 2.21. The van der Waals surface area contributed by atoms with E-state index in [1.165, 1.54) is 10.8 Å². The molecule has 0 aliphatic rings. The van der Waals surface area contributed by atoms with Gasteiger partial charge < -0.3 is 9.32 Å². The summed E-state index contributed by atoms with van der Waals surface area (Å²) >= 11 is 0. The summed E-state index contributed by atoms with van der Waals surface area (Å²) in [6.45, 7) is 0. The highest BCUT2D eigenvalue weighted by Crippen LogP contribution is 2.43. The summed E-state index contributed by atoms with van der Waals surface area (Å²) in [6.07, 6.45) is 1.80. The van der Waals surface area contributed by atoms with Crippen molar-refractivity contribution in [1.29, 1.82) is 0 Å². The lowest BCUT2D eigenvalue weighted by atomic mass is 10.0. The van der Waals surface area contributed by atoms with Crippen molar-refractivity contribution >= 4 is 71.8 Å². The smallest absolute Gasteiger partial charge is 0.161 e. The van der Waals surface area contributed by atoms with Gasteiger partial charge in [0.2, 0.25) is 0 Å². The number of furan rings is 1. The van der Waals surface area contributed by atoms with E-state index in [9.17, 15) is 0 Å². The van der Waals surface area contributed by atoms with E-state index < -0.39 is 0 Å². The highest BCUT2D eigenvalue weighted by molar-refractivity contribution is 6.14. The van der Waals surface area contributed by atoms with Crippen LogP contribution in [0.25, 0.3) is 71.7 Å². The molecule has 0 saturated carbocycles. The maximum atomic E-state index is 6.50. The molecule has 0 fully saturated rings. The van der Waals surface area contributed by atoms with Gasteiger partial charge in [-0.1, -0.05) is 97.1 Å². The molecule has 0 radical (unpaired) electrons. The fourth-order valence-corrected chi connectivity index (χ4v) is 7.26. The average molecular weight is 629 g/mol. The maximum Gasteiger partial charge on any atom is 0.161 e. The molecule has 4 heterocycles. The Morgan fingerprint density at radius 2 is 1.27 bits per heavy atom. The highest BCUT2D eigenvalue weighted by atomic mass is 16.3. The third kappa shape index (κ3) is 4.33. The number of nitrogens with zero attached hydrogens (tertiary/aromatic N) is 4. The predicted molar refractivity (Wildman–Crippen MR) is 201 cm³/mol. The van der Waals surface area contributed by atoms with E-state index in [2.05, 4.69) is 148 Å². The molecule has 0 atom stereocenters. The Labute approximate surface area is 281 Å². The van der Waals surface area contributed by atoms with E-state index >= 15 is 0 Å². The van der Waals surface area contributed by atoms with Crippen LogP contribution in [0.4, 0.5) is 17.1 Å².